The standard InChI is InChI=1S/C17H27NO/c1-4-18-12-17(2,3)13-19-16-11-7-9-14-8-5-6-10-15(14)16/h5-6,8,10,16,18H,4,7,9,11-13H2,1-3H3. The van der Waals surface area contributed by atoms with Gasteiger partial charge in [-0.05, 0) is 36.9 Å². The van der Waals surface area contributed by atoms with E-state index in [0.717, 1.165) is 26.1 Å². The molecule has 1 aromatic rings. The Balaban J connectivity index is 1.94. The summed E-state index contributed by atoms with van der Waals surface area (Å²) in [6, 6.07) is 8.74. The van der Waals surface area contributed by atoms with Gasteiger partial charge < -0.3 is 10.1 Å². The molecule has 1 aromatic carbocycles. The van der Waals surface area contributed by atoms with Crippen LogP contribution in [-0.4, -0.2) is 19.7 Å². The summed E-state index contributed by atoms with van der Waals surface area (Å²) in [6.07, 6.45) is 3.91. The molecule has 0 spiro atoms. The van der Waals surface area contributed by atoms with E-state index in [1.165, 1.54) is 24.0 Å². The minimum atomic E-state index is 0.197. The van der Waals surface area contributed by atoms with Gasteiger partial charge in [0.25, 0.3) is 0 Å². The van der Waals surface area contributed by atoms with Gasteiger partial charge in [-0.15, -0.1) is 0 Å². The third kappa shape index (κ3) is 4.05. The van der Waals surface area contributed by atoms with Gasteiger partial charge in [0.05, 0.1) is 12.7 Å². The summed E-state index contributed by atoms with van der Waals surface area (Å²) in [5, 5.41) is 3.42. The van der Waals surface area contributed by atoms with Crippen molar-refractivity contribution in [2.45, 2.75) is 46.1 Å². The molecule has 1 N–H and O–H groups in total. The van der Waals surface area contributed by atoms with Crippen LogP contribution < -0.4 is 5.32 Å². The van der Waals surface area contributed by atoms with Crippen molar-refractivity contribution in [3.8, 4) is 0 Å². The minimum absolute atomic E-state index is 0.197. The average molecular weight is 261 g/mol. The highest BCUT2D eigenvalue weighted by Crippen LogP contribution is 2.33. The zero-order valence-corrected chi connectivity index (χ0v) is 12.5. The van der Waals surface area contributed by atoms with Gasteiger partial charge >= 0.3 is 0 Å². The Morgan fingerprint density at radius 2 is 2.11 bits per heavy atom. The predicted molar refractivity (Wildman–Crippen MR) is 80.4 cm³/mol. The van der Waals surface area contributed by atoms with Crippen molar-refractivity contribution in [1.29, 1.82) is 0 Å². The van der Waals surface area contributed by atoms with E-state index in [1.54, 1.807) is 0 Å². The Bertz CT molecular complexity index is 400. The maximum atomic E-state index is 6.23. The van der Waals surface area contributed by atoms with Crippen LogP contribution in [0.25, 0.3) is 0 Å². The molecule has 0 bridgehead atoms. The number of hydrogen-bond acceptors (Lipinski definition) is 2. The molecular formula is C17H27NO. The van der Waals surface area contributed by atoms with Crippen LogP contribution in [-0.2, 0) is 11.2 Å². The Morgan fingerprint density at radius 3 is 2.89 bits per heavy atom. The summed E-state index contributed by atoms with van der Waals surface area (Å²) in [4.78, 5) is 0. The zero-order chi connectivity index (χ0) is 13.7. The van der Waals surface area contributed by atoms with Gasteiger partial charge in [0, 0.05) is 12.0 Å². The Labute approximate surface area is 117 Å². The monoisotopic (exact) mass is 261 g/mol. The van der Waals surface area contributed by atoms with Gasteiger partial charge in [0.15, 0.2) is 0 Å². The van der Waals surface area contributed by atoms with Crippen molar-refractivity contribution in [2.24, 2.45) is 5.41 Å². The lowest BCUT2D eigenvalue weighted by atomic mass is 9.89. The van der Waals surface area contributed by atoms with Crippen molar-refractivity contribution in [3.63, 3.8) is 0 Å². The van der Waals surface area contributed by atoms with E-state index in [4.69, 9.17) is 4.74 Å². The average Bonchev–Trinajstić information content (AvgIpc) is 2.43. The number of hydrogen-bond donors (Lipinski definition) is 1. The van der Waals surface area contributed by atoms with Gasteiger partial charge in [-0.1, -0.05) is 45.0 Å². The Kier molecular flexibility index (Phi) is 5.00. The minimum Gasteiger partial charge on any atom is -0.373 e. The van der Waals surface area contributed by atoms with Crippen LogP contribution in [0.5, 0.6) is 0 Å². The zero-order valence-electron chi connectivity index (χ0n) is 12.5. The van der Waals surface area contributed by atoms with E-state index in [0.29, 0.717) is 6.10 Å². The third-order valence-electron chi connectivity index (χ3n) is 3.84. The fourth-order valence-corrected chi connectivity index (χ4v) is 2.72. The second kappa shape index (κ2) is 6.53. The summed E-state index contributed by atoms with van der Waals surface area (Å²) in [6.45, 7) is 9.54. The first-order valence-electron chi connectivity index (χ1n) is 7.52. The van der Waals surface area contributed by atoms with Gasteiger partial charge in [-0.25, -0.2) is 0 Å². The smallest absolute Gasteiger partial charge is 0.0828 e. The van der Waals surface area contributed by atoms with Gasteiger partial charge in [0.1, 0.15) is 0 Å². The molecule has 0 fully saturated rings. The summed E-state index contributed by atoms with van der Waals surface area (Å²) in [5.41, 5.74) is 3.08. The highest BCUT2D eigenvalue weighted by Gasteiger charge is 2.24. The lowest BCUT2D eigenvalue weighted by Gasteiger charge is -2.31. The SMILES string of the molecule is CCNCC(C)(C)COC1CCCc2ccccc21. The van der Waals surface area contributed by atoms with Crippen LogP contribution in [0.3, 0.4) is 0 Å². The van der Waals surface area contributed by atoms with Crippen molar-refractivity contribution in [1.82, 2.24) is 5.32 Å². The molecule has 1 unspecified atom stereocenters. The number of benzene rings is 1. The van der Waals surface area contributed by atoms with Crippen molar-refractivity contribution < 1.29 is 4.74 Å². The van der Waals surface area contributed by atoms with E-state index in [2.05, 4.69) is 50.4 Å². The molecule has 0 heterocycles. The van der Waals surface area contributed by atoms with Crippen molar-refractivity contribution >= 4 is 0 Å². The maximum absolute atomic E-state index is 6.23. The molecule has 1 aliphatic carbocycles. The number of fused-ring (bicyclic) bond motifs is 1. The molecule has 0 aromatic heterocycles. The maximum Gasteiger partial charge on any atom is 0.0828 e. The van der Waals surface area contributed by atoms with Gasteiger partial charge in [-0.2, -0.15) is 0 Å². The summed E-state index contributed by atoms with van der Waals surface area (Å²) in [5.74, 6) is 0. The van der Waals surface area contributed by atoms with Crippen LogP contribution in [0.2, 0.25) is 0 Å². The second-order valence-corrected chi connectivity index (χ2v) is 6.34. The van der Waals surface area contributed by atoms with Crippen LogP contribution in [0.15, 0.2) is 24.3 Å². The fourth-order valence-electron chi connectivity index (χ4n) is 2.72. The number of rotatable bonds is 6. The summed E-state index contributed by atoms with van der Waals surface area (Å²) in [7, 11) is 0. The topological polar surface area (TPSA) is 21.3 Å². The van der Waals surface area contributed by atoms with Crippen LogP contribution >= 0.6 is 0 Å². The highest BCUT2D eigenvalue weighted by molar-refractivity contribution is 5.31. The summed E-state index contributed by atoms with van der Waals surface area (Å²) >= 11 is 0. The van der Waals surface area contributed by atoms with Crippen LogP contribution in [0.4, 0.5) is 0 Å². The molecule has 0 saturated carbocycles. The van der Waals surface area contributed by atoms with Crippen molar-refractivity contribution in [2.75, 3.05) is 19.7 Å². The summed E-state index contributed by atoms with van der Waals surface area (Å²) < 4.78 is 6.23. The largest absolute Gasteiger partial charge is 0.373 e. The molecule has 0 saturated heterocycles. The molecule has 2 heteroatoms. The van der Waals surface area contributed by atoms with Crippen LogP contribution in [0.1, 0.15) is 50.8 Å². The fraction of sp³-hybridized carbons (Fsp3) is 0.647. The molecule has 19 heavy (non-hydrogen) atoms. The highest BCUT2D eigenvalue weighted by atomic mass is 16.5. The molecule has 0 aliphatic heterocycles. The first kappa shape index (κ1) is 14.5. The lowest BCUT2D eigenvalue weighted by Crippen LogP contribution is -2.34. The van der Waals surface area contributed by atoms with E-state index in [9.17, 15) is 0 Å². The Hall–Kier alpha value is -0.860. The van der Waals surface area contributed by atoms with E-state index < -0.39 is 0 Å². The quantitative estimate of drug-likeness (QED) is 0.842. The molecule has 1 atom stereocenters. The molecule has 1 aliphatic rings. The third-order valence-corrected chi connectivity index (χ3v) is 3.84. The molecule has 2 nitrogen and oxygen atoms in total. The van der Waals surface area contributed by atoms with E-state index >= 15 is 0 Å². The molecule has 0 amide bonds. The molecular weight excluding hydrogens is 234 g/mol. The van der Waals surface area contributed by atoms with E-state index in [1.807, 2.05) is 0 Å². The first-order chi connectivity index (χ1) is 9.12. The van der Waals surface area contributed by atoms with Gasteiger partial charge in [-0.3, -0.25) is 0 Å². The molecule has 106 valence electrons. The number of ether oxygens (including phenoxy) is 1. The van der Waals surface area contributed by atoms with E-state index in [-0.39, 0.29) is 5.41 Å². The second-order valence-electron chi connectivity index (χ2n) is 6.34. The van der Waals surface area contributed by atoms with Crippen molar-refractivity contribution in [3.05, 3.63) is 35.4 Å². The van der Waals surface area contributed by atoms with Gasteiger partial charge in [0.2, 0.25) is 0 Å². The predicted octanol–water partition coefficient (Wildman–Crippen LogP) is 3.72. The number of nitrogens with one attached hydrogen (secondary N) is 1. The lowest BCUT2D eigenvalue weighted by molar-refractivity contribution is -0.00650. The first-order valence-corrected chi connectivity index (χ1v) is 7.52. The van der Waals surface area contributed by atoms with Crippen LogP contribution in [0, 0.1) is 5.41 Å². The molecule has 2 rings (SSSR count). The number of aryl methyl sites for hydroxylation is 1. The Morgan fingerprint density at radius 1 is 1.32 bits per heavy atom. The molecule has 0 radical (unpaired) electrons. The normalized spacial score (nSPS) is 19.2.